The van der Waals surface area contributed by atoms with E-state index in [2.05, 4.69) is 11.8 Å². The van der Waals surface area contributed by atoms with Crippen LogP contribution in [0.5, 0.6) is 0 Å². The van der Waals surface area contributed by atoms with Crippen LogP contribution >= 0.6 is 11.6 Å². The van der Waals surface area contributed by atoms with Gasteiger partial charge in [-0.25, -0.2) is 0 Å². The van der Waals surface area contributed by atoms with Gasteiger partial charge in [-0.1, -0.05) is 13.3 Å². The zero-order valence-electron chi connectivity index (χ0n) is 12.6. The van der Waals surface area contributed by atoms with Crippen LogP contribution in [0.15, 0.2) is 0 Å². The van der Waals surface area contributed by atoms with Crippen molar-refractivity contribution in [2.75, 3.05) is 39.6 Å². The first-order valence-electron chi connectivity index (χ1n) is 7.37. The van der Waals surface area contributed by atoms with Crippen molar-refractivity contribution in [3.8, 4) is 0 Å². The second kappa shape index (κ2) is 6.48. The van der Waals surface area contributed by atoms with Gasteiger partial charge in [0.05, 0.1) is 0 Å². The van der Waals surface area contributed by atoms with Gasteiger partial charge in [0.25, 0.3) is 10.2 Å². The Bertz CT molecular complexity index is 429. The van der Waals surface area contributed by atoms with Crippen molar-refractivity contribution in [2.24, 2.45) is 5.92 Å². The lowest BCUT2D eigenvalue weighted by Gasteiger charge is -2.36. The van der Waals surface area contributed by atoms with E-state index in [0.717, 1.165) is 19.3 Å². The van der Waals surface area contributed by atoms with Crippen LogP contribution in [0.3, 0.4) is 0 Å². The molecule has 0 aromatic carbocycles. The van der Waals surface area contributed by atoms with Gasteiger partial charge >= 0.3 is 0 Å². The van der Waals surface area contributed by atoms with E-state index in [1.807, 2.05) is 14.1 Å². The Labute approximate surface area is 128 Å². The van der Waals surface area contributed by atoms with Gasteiger partial charge in [-0.2, -0.15) is 17.0 Å². The maximum Gasteiger partial charge on any atom is 0.282 e. The van der Waals surface area contributed by atoms with E-state index in [0.29, 0.717) is 37.5 Å². The smallest absolute Gasteiger partial charge is 0.282 e. The summed E-state index contributed by atoms with van der Waals surface area (Å²) in [6, 6.07) is 0.258. The van der Waals surface area contributed by atoms with Crippen LogP contribution in [0.1, 0.15) is 26.2 Å². The van der Waals surface area contributed by atoms with Crippen LogP contribution in [-0.2, 0) is 10.2 Å². The third-order valence-electron chi connectivity index (χ3n) is 4.58. The summed E-state index contributed by atoms with van der Waals surface area (Å²) in [5.74, 6) is 0.749. The highest BCUT2D eigenvalue weighted by Crippen LogP contribution is 2.28. The summed E-state index contributed by atoms with van der Waals surface area (Å²) in [5, 5.41) is 0. The van der Waals surface area contributed by atoms with Crippen LogP contribution in [0.25, 0.3) is 0 Å². The lowest BCUT2D eigenvalue weighted by molar-refractivity contribution is 0.245. The average Bonchev–Trinajstić information content (AvgIpc) is 2.81. The SMILES string of the molecule is CC1CN(S(=O)(=O)N2CCCCC2CCl)CC1N(C)C. The minimum Gasteiger partial charge on any atom is -0.305 e. The molecule has 2 rings (SSSR count). The molecule has 2 heterocycles. The number of likely N-dealkylation sites (N-methyl/N-ethyl adjacent to an activating group) is 1. The van der Waals surface area contributed by atoms with Gasteiger partial charge in [-0.15, -0.1) is 11.6 Å². The molecule has 2 aliphatic rings. The highest BCUT2D eigenvalue weighted by atomic mass is 35.5. The van der Waals surface area contributed by atoms with Gasteiger partial charge in [0.15, 0.2) is 0 Å². The van der Waals surface area contributed by atoms with Gasteiger partial charge in [-0.05, 0) is 32.9 Å². The van der Waals surface area contributed by atoms with Crippen molar-refractivity contribution in [1.82, 2.24) is 13.5 Å². The van der Waals surface area contributed by atoms with Crippen LogP contribution in [0, 0.1) is 5.92 Å². The van der Waals surface area contributed by atoms with Crippen molar-refractivity contribution in [3.63, 3.8) is 0 Å². The molecule has 0 radical (unpaired) electrons. The molecule has 0 amide bonds. The fourth-order valence-corrected chi connectivity index (χ4v) is 5.73. The molecule has 5 nitrogen and oxygen atoms in total. The number of piperidine rings is 1. The maximum atomic E-state index is 12.8. The summed E-state index contributed by atoms with van der Waals surface area (Å²) in [4.78, 5) is 2.12. The summed E-state index contributed by atoms with van der Waals surface area (Å²) in [6.45, 7) is 3.92. The quantitative estimate of drug-likeness (QED) is 0.730. The lowest BCUT2D eigenvalue weighted by Crippen LogP contribution is -2.51. The summed E-state index contributed by atoms with van der Waals surface area (Å²) in [5.41, 5.74) is 0. The van der Waals surface area contributed by atoms with E-state index in [1.165, 1.54) is 0 Å². The van der Waals surface area contributed by atoms with Crippen molar-refractivity contribution in [3.05, 3.63) is 0 Å². The third kappa shape index (κ3) is 3.14. The van der Waals surface area contributed by atoms with Crippen LogP contribution in [0.2, 0.25) is 0 Å². The molecule has 3 atom stereocenters. The molecular weight excluding hydrogens is 298 g/mol. The first kappa shape index (κ1) is 16.5. The zero-order chi connectivity index (χ0) is 14.9. The molecule has 7 heteroatoms. The summed E-state index contributed by atoms with van der Waals surface area (Å²) in [7, 11) is 0.660. The van der Waals surface area contributed by atoms with E-state index in [9.17, 15) is 8.42 Å². The summed E-state index contributed by atoms with van der Waals surface area (Å²) in [6.07, 6.45) is 2.89. The fourth-order valence-electron chi connectivity index (χ4n) is 3.35. The number of alkyl halides is 1. The molecule has 0 N–H and O–H groups in total. The number of halogens is 1. The predicted molar refractivity (Wildman–Crippen MR) is 82.2 cm³/mol. The molecule has 0 bridgehead atoms. The molecule has 118 valence electrons. The molecule has 0 aromatic heterocycles. The van der Waals surface area contributed by atoms with Crippen molar-refractivity contribution >= 4 is 21.8 Å². The molecule has 0 aromatic rings. The van der Waals surface area contributed by atoms with E-state index in [-0.39, 0.29) is 6.04 Å². The fraction of sp³-hybridized carbons (Fsp3) is 1.00. The minimum atomic E-state index is -3.37. The highest BCUT2D eigenvalue weighted by molar-refractivity contribution is 7.86. The van der Waals surface area contributed by atoms with E-state index >= 15 is 0 Å². The first-order valence-corrected chi connectivity index (χ1v) is 9.30. The molecule has 0 aliphatic carbocycles. The van der Waals surface area contributed by atoms with Crippen molar-refractivity contribution < 1.29 is 8.42 Å². The molecule has 20 heavy (non-hydrogen) atoms. The zero-order valence-corrected chi connectivity index (χ0v) is 14.2. The average molecular weight is 324 g/mol. The van der Waals surface area contributed by atoms with Gasteiger partial charge in [0, 0.05) is 37.6 Å². The maximum absolute atomic E-state index is 12.8. The van der Waals surface area contributed by atoms with Crippen molar-refractivity contribution in [2.45, 2.75) is 38.3 Å². The topological polar surface area (TPSA) is 43.9 Å². The van der Waals surface area contributed by atoms with E-state index in [4.69, 9.17) is 11.6 Å². The Morgan fingerprint density at radius 1 is 1.25 bits per heavy atom. The molecule has 0 spiro atoms. The number of hydrogen-bond donors (Lipinski definition) is 0. The standard InChI is InChI=1S/C13H26ClN3O2S/c1-11-9-16(10-13(11)15(2)3)20(18,19)17-7-5-4-6-12(17)8-14/h11-13H,4-10H2,1-3H3. The number of nitrogens with zero attached hydrogens (tertiary/aromatic N) is 3. The largest absolute Gasteiger partial charge is 0.305 e. The van der Waals surface area contributed by atoms with Crippen LogP contribution < -0.4 is 0 Å². The van der Waals surface area contributed by atoms with E-state index in [1.54, 1.807) is 8.61 Å². The molecule has 0 saturated carbocycles. The summed E-state index contributed by atoms with van der Waals surface area (Å²) < 4.78 is 29.0. The Balaban J connectivity index is 2.14. The van der Waals surface area contributed by atoms with Crippen LogP contribution in [0.4, 0.5) is 0 Å². The molecular formula is C13H26ClN3O2S. The van der Waals surface area contributed by atoms with Gasteiger partial charge < -0.3 is 4.90 Å². The second-order valence-corrected chi connectivity index (χ2v) is 8.44. The Morgan fingerprint density at radius 3 is 2.50 bits per heavy atom. The molecule has 2 fully saturated rings. The molecule has 2 saturated heterocycles. The minimum absolute atomic E-state index is 0.0378. The number of hydrogen-bond acceptors (Lipinski definition) is 3. The van der Waals surface area contributed by atoms with Crippen LogP contribution in [-0.4, -0.2) is 73.6 Å². The Hall–Kier alpha value is 0.120. The highest BCUT2D eigenvalue weighted by Gasteiger charge is 2.42. The first-order chi connectivity index (χ1) is 9.37. The summed E-state index contributed by atoms with van der Waals surface area (Å²) >= 11 is 5.96. The Morgan fingerprint density at radius 2 is 1.95 bits per heavy atom. The monoisotopic (exact) mass is 323 g/mol. The Kier molecular flexibility index (Phi) is 5.34. The van der Waals surface area contributed by atoms with Gasteiger partial charge in [0.2, 0.25) is 0 Å². The predicted octanol–water partition coefficient (Wildman–Crippen LogP) is 1.21. The van der Waals surface area contributed by atoms with Crippen molar-refractivity contribution in [1.29, 1.82) is 0 Å². The number of rotatable bonds is 4. The molecule has 3 unspecified atom stereocenters. The third-order valence-corrected chi connectivity index (χ3v) is 6.96. The van der Waals surface area contributed by atoms with Gasteiger partial charge in [-0.3, -0.25) is 0 Å². The van der Waals surface area contributed by atoms with Gasteiger partial charge in [0.1, 0.15) is 0 Å². The lowest BCUT2D eigenvalue weighted by atomic mass is 10.1. The normalized spacial score (nSPS) is 34.0. The molecule has 2 aliphatic heterocycles. The van der Waals surface area contributed by atoms with E-state index < -0.39 is 10.2 Å². The second-order valence-electron chi connectivity index (χ2n) is 6.25.